The molecule has 0 heterocycles. The molecule has 0 saturated heterocycles. The lowest BCUT2D eigenvalue weighted by Gasteiger charge is -2.13. The van der Waals surface area contributed by atoms with Gasteiger partial charge in [-0.25, -0.2) is 0 Å². The Morgan fingerprint density at radius 1 is 0.417 bits per heavy atom. The van der Waals surface area contributed by atoms with Crippen LogP contribution in [-0.2, 0) is 22.7 Å². The van der Waals surface area contributed by atoms with Crippen molar-refractivity contribution in [1.29, 1.82) is 0 Å². The van der Waals surface area contributed by atoms with Crippen molar-refractivity contribution in [3.63, 3.8) is 0 Å². The zero-order chi connectivity index (χ0) is 33.2. The van der Waals surface area contributed by atoms with Crippen molar-refractivity contribution in [1.82, 2.24) is 0 Å². The third-order valence-corrected chi connectivity index (χ3v) is 6.79. The van der Waals surface area contributed by atoms with Crippen LogP contribution >= 0.6 is 0 Å². The summed E-state index contributed by atoms with van der Waals surface area (Å²) in [4.78, 5) is 0. The topological polar surface area (TPSA) is 127 Å². The lowest BCUT2D eigenvalue weighted by atomic mass is 10.2. The smallest absolute Gasteiger partial charge is 0.119 e. The molecular formula is C38H38N4O6. The van der Waals surface area contributed by atoms with Gasteiger partial charge in [-0.3, -0.25) is 0 Å². The van der Waals surface area contributed by atoms with E-state index in [1.165, 1.54) is 0 Å². The third kappa shape index (κ3) is 12.2. The van der Waals surface area contributed by atoms with Gasteiger partial charge in [-0.2, -0.15) is 20.5 Å². The van der Waals surface area contributed by atoms with Gasteiger partial charge in [0.25, 0.3) is 0 Å². The lowest BCUT2D eigenvalue weighted by Crippen LogP contribution is -2.23. The molecule has 0 spiro atoms. The molecule has 0 amide bonds. The second-order valence-electron chi connectivity index (χ2n) is 10.8. The Bertz CT molecular complexity index is 1580. The summed E-state index contributed by atoms with van der Waals surface area (Å²) < 4.78 is 22.5. The summed E-state index contributed by atoms with van der Waals surface area (Å²) in [6.45, 7) is 1.47. The number of rotatable bonds is 18. The summed E-state index contributed by atoms with van der Waals surface area (Å²) in [5.41, 5.74) is 4.65. The van der Waals surface area contributed by atoms with Crippen molar-refractivity contribution in [2.24, 2.45) is 20.5 Å². The van der Waals surface area contributed by atoms with Crippen LogP contribution in [0, 0.1) is 0 Å². The Kier molecular flexibility index (Phi) is 13.3. The highest BCUT2D eigenvalue weighted by Gasteiger charge is 2.08. The Hall–Kier alpha value is -5.26. The largest absolute Gasteiger partial charge is 0.491 e. The number of hydrogen-bond acceptors (Lipinski definition) is 10. The number of aliphatic hydroxyl groups excluding tert-OH is 2. The molecule has 0 bridgehead atoms. The Morgan fingerprint density at radius 2 is 0.812 bits per heavy atom. The predicted molar refractivity (Wildman–Crippen MR) is 183 cm³/mol. The van der Waals surface area contributed by atoms with Crippen molar-refractivity contribution in [2.45, 2.75) is 25.4 Å². The average Bonchev–Trinajstić information content (AvgIpc) is 3.13. The number of nitrogens with zero attached hydrogens (tertiary/aromatic N) is 4. The number of aliphatic hydroxyl groups is 2. The summed E-state index contributed by atoms with van der Waals surface area (Å²) in [6.07, 6.45) is -1.49. The van der Waals surface area contributed by atoms with E-state index in [0.29, 0.717) is 47.5 Å². The van der Waals surface area contributed by atoms with Crippen molar-refractivity contribution >= 4 is 22.7 Å². The summed E-state index contributed by atoms with van der Waals surface area (Å²) in [5, 5.41) is 37.5. The van der Waals surface area contributed by atoms with Gasteiger partial charge in [0.2, 0.25) is 0 Å². The van der Waals surface area contributed by atoms with Gasteiger partial charge in [0.15, 0.2) is 0 Å². The quantitative estimate of drug-likeness (QED) is 0.0920. The molecule has 2 atom stereocenters. The predicted octanol–water partition coefficient (Wildman–Crippen LogP) is 8.43. The van der Waals surface area contributed by atoms with E-state index in [-0.39, 0.29) is 26.4 Å². The number of benzene rings is 5. The van der Waals surface area contributed by atoms with Crippen LogP contribution in [0.25, 0.3) is 0 Å². The Labute approximate surface area is 280 Å². The zero-order valence-electron chi connectivity index (χ0n) is 26.4. The van der Waals surface area contributed by atoms with Gasteiger partial charge in [0, 0.05) is 0 Å². The fourth-order valence-electron chi connectivity index (χ4n) is 4.32. The van der Waals surface area contributed by atoms with Crippen LogP contribution in [0.4, 0.5) is 22.7 Å². The lowest BCUT2D eigenvalue weighted by molar-refractivity contribution is 0.00548. The normalized spacial score (nSPS) is 12.7. The minimum atomic E-state index is -0.743. The van der Waals surface area contributed by atoms with E-state index in [1.807, 2.05) is 78.9 Å². The molecule has 0 saturated carbocycles. The van der Waals surface area contributed by atoms with Crippen molar-refractivity contribution < 1.29 is 29.2 Å². The maximum Gasteiger partial charge on any atom is 0.119 e. The number of ether oxygens (including phenoxy) is 4. The van der Waals surface area contributed by atoms with Gasteiger partial charge in [-0.1, -0.05) is 66.7 Å². The number of hydrogen-bond donors (Lipinski definition) is 2. The Balaban J connectivity index is 1.02. The van der Waals surface area contributed by atoms with E-state index >= 15 is 0 Å². The van der Waals surface area contributed by atoms with Gasteiger partial charge < -0.3 is 29.2 Å². The van der Waals surface area contributed by atoms with E-state index < -0.39 is 12.2 Å². The van der Waals surface area contributed by atoms with Crippen LogP contribution in [0.5, 0.6) is 11.5 Å². The van der Waals surface area contributed by atoms with Crippen LogP contribution < -0.4 is 9.47 Å². The highest BCUT2D eigenvalue weighted by molar-refractivity contribution is 5.51. The van der Waals surface area contributed by atoms with Crippen molar-refractivity contribution in [2.75, 3.05) is 26.4 Å². The molecule has 48 heavy (non-hydrogen) atoms. The molecule has 0 fully saturated rings. The van der Waals surface area contributed by atoms with Crippen molar-refractivity contribution in [3.05, 3.63) is 145 Å². The van der Waals surface area contributed by atoms with E-state index in [2.05, 4.69) is 20.5 Å². The second-order valence-corrected chi connectivity index (χ2v) is 10.8. The van der Waals surface area contributed by atoms with Gasteiger partial charge in [0.1, 0.15) is 36.9 Å². The first-order valence-corrected chi connectivity index (χ1v) is 15.6. The minimum absolute atomic E-state index is 0.116. The summed E-state index contributed by atoms with van der Waals surface area (Å²) in [7, 11) is 0. The highest BCUT2D eigenvalue weighted by Crippen LogP contribution is 2.26. The molecule has 5 aromatic rings. The van der Waals surface area contributed by atoms with Crippen molar-refractivity contribution in [3.8, 4) is 11.5 Å². The van der Waals surface area contributed by atoms with Crippen LogP contribution in [0.15, 0.2) is 154 Å². The maximum atomic E-state index is 10.2. The molecular weight excluding hydrogens is 608 g/mol. The van der Waals surface area contributed by atoms with E-state index in [9.17, 15) is 10.2 Å². The minimum Gasteiger partial charge on any atom is -0.491 e. The molecule has 5 aromatic carbocycles. The molecule has 0 aromatic heterocycles. The summed E-state index contributed by atoms with van der Waals surface area (Å²) >= 11 is 0. The molecule has 0 radical (unpaired) electrons. The van der Waals surface area contributed by atoms with Crippen LogP contribution in [0.3, 0.4) is 0 Å². The maximum absolute atomic E-state index is 10.2. The summed E-state index contributed by atoms with van der Waals surface area (Å²) in [5.74, 6) is 1.22. The first-order chi connectivity index (χ1) is 23.6. The van der Waals surface area contributed by atoms with Gasteiger partial charge >= 0.3 is 0 Å². The standard InChI is InChI=1S/C38H38N4O6/c43-35(25-45-23-29-8-3-1-4-9-29)27-47-37-18-14-31(15-19-37)39-41-33-12-7-13-34(22-33)42-40-32-16-20-38(21-17-32)48-28-36(44)26-46-24-30-10-5-2-6-11-30/h1-22,35-36,43-44H,23-28H2/t35-,36-/m1/s1. The Morgan fingerprint density at radius 3 is 1.23 bits per heavy atom. The average molecular weight is 647 g/mol. The first-order valence-electron chi connectivity index (χ1n) is 15.6. The summed E-state index contributed by atoms with van der Waals surface area (Å²) in [6, 6.07) is 41.1. The van der Waals surface area contributed by atoms with Crippen LogP contribution in [0.2, 0.25) is 0 Å². The molecule has 246 valence electrons. The molecule has 0 aliphatic rings. The van der Waals surface area contributed by atoms with Crippen LogP contribution in [-0.4, -0.2) is 48.8 Å². The molecule has 5 rings (SSSR count). The molecule has 0 aliphatic carbocycles. The second kappa shape index (κ2) is 18.8. The number of azo groups is 2. The molecule has 0 aliphatic heterocycles. The molecule has 10 nitrogen and oxygen atoms in total. The molecule has 10 heteroatoms. The van der Waals surface area contributed by atoms with Gasteiger partial charge in [0.05, 0.1) is 49.2 Å². The SMILES string of the molecule is O[C@H](COCc1ccccc1)COc1ccc(N=Nc2cccc(N=Nc3ccc(OC[C@H](O)COCc4ccccc4)cc3)c2)cc1. The third-order valence-electron chi connectivity index (χ3n) is 6.79. The first kappa shape index (κ1) is 34.1. The van der Waals surface area contributed by atoms with Gasteiger partial charge in [-0.05, 0) is 77.9 Å². The fraction of sp³-hybridized carbons (Fsp3) is 0.211. The van der Waals surface area contributed by atoms with E-state index in [1.54, 1.807) is 54.6 Å². The molecule has 0 unspecified atom stereocenters. The molecule has 2 N–H and O–H groups in total. The monoisotopic (exact) mass is 646 g/mol. The van der Waals surface area contributed by atoms with E-state index in [4.69, 9.17) is 18.9 Å². The highest BCUT2D eigenvalue weighted by atomic mass is 16.5. The van der Waals surface area contributed by atoms with Gasteiger partial charge in [-0.15, -0.1) is 0 Å². The zero-order valence-corrected chi connectivity index (χ0v) is 26.4. The fourth-order valence-corrected chi connectivity index (χ4v) is 4.32. The van der Waals surface area contributed by atoms with E-state index in [0.717, 1.165) is 11.1 Å². The van der Waals surface area contributed by atoms with Crippen LogP contribution in [0.1, 0.15) is 11.1 Å².